The molecule has 0 heterocycles. The van der Waals surface area contributed by atoms with Crippen LogP contribution in [0.2, 0.25) is 0 Å². The van der Waals surface area contributed by atoms with Crippen LogP contribution in [0.5, 0.6) is 5.75 Å². The Balaban J connectivity index is 2.41. The summed E-state index contributed by atoms with van der Waals surface area (Å²) in [5, 5.41) is 9.55. The van der Waals surface area contributed by atoms with Gasteiger partial charge >= 0.3 is 0 Å². The summed E-state index contributed by atoms with van der Waals surface area (Å²) in [5.41, 5.74) is 1.48. The summed E-state index contributed by atoms with van der Waals surface area (Å²) in [5.74, 6) is -1.10. The fourth-order valence-corrected chi connectivity index (χ4v) is 3.19. The van der Waals surface area contributed by atoms with Crippen molar-refractivity contribution in [1.82, 2.24) is 0 Å². The van der Waals surface area contributed by atoms with Gasteiger partial charge < -0.3 is 5.11 Å². The lowest BCUT2D eigenvalue weighted by atomic mass is 10.2. The Morgan fingerprint density at radius 2 is 1.80 bits per heavy atom. The van der Waals surface area contributed by atoms with Crippen molar-refractivity contribution in [2.24, 2.45) is 0 Å². The van der Waals surface area contributed by atoms with Crippen molar-refractivity contribution >= 4 is 15.7 Å². The van der Waals surface area contributed by atoms with Crippen LogP contribution >= 0.6 is 0 Å². The molecule has 2 N–H and O–H groups in total. The van der Waals surface area contributed by atoms with Gasteiger partial charge in [-0.15, -0.1) is 0 Å². The van der Waals surface area contributed by atoms with Gasteiger partial charge in [-0.3, -0.25) is 4.72 Å². The Labute approximate surface area is 116 Å². The second-order valence-corrected chi connectivity index (χ2v) is 6.19. The van der Waals surface area contributed by atoms with Crippen molar-refractivity contribution in [3.05, 3.63) is 53.3 Å². The van der Waals surface area contributed by atoms with E-state index in [0.717, 1.165) is 17.7 Å². The van der Waals surface area contributed by atoms with Gasteiger partial charge in [0.25, 0.3) is 10.0 Å². The predicted octanol–water partition coefficient (Wildman–Crippen LogP) is 2.95. The van der Waals surface area contributed by atoms with Crippen LogP contribution in [0.4, 0.5) is 10.1 Å². The molecule has 0 unspecified atom stereocenters. The average Bonchev–Trinajstić information content (AvgIpc) is 2.32. The summed E-state index contributed by atoms with van der Waals surface area (Å²) in [6.45, 7) is 3.55. The lowest BCUT2D eigenvalue weighted by Gasteiger charge is -2.12. The van der Waals surface area contributed by atoms with Gasteiger partial charge in [0, 0.05) is 6.07 Å². The van der Waals surface area contributed by atoms with Crippen LogP contribution in [-0.2, 0) is 10.0 Å². The zero-order valence-electron chi connectivity index (χ0n) is 11.0. The zero-order valence-corrected chi connectivity index (χ0v) is 11.8. The van der Waals surface area contributed by atoms with E-state index in [1.807, 2.05) is 6.92 Å². The summed E-state index contributed by atoms with van der Waals surface area (Å²) < 4.78 is 39.6. The molecule has 0 radical (unpaired) electrons. The number of anilines is 1. The van der Waals surface area contributed by atoms with Gasteiger partial charge in [0.15, 0.2) is 0 Å². The van der Waals surface area contributed by atoms with Gasteiger partial charge in [-0.1, -0.05) is 17.7 Å². The van der Waals surface area contributed by atoms with E-state index in [-0.39, 0.29) is 10.6 Å². The number of aromatic hydroxyl groups is 1. The third-order valence-corrected chi connectivity index (χ3v) is 4.35. The minimum absolute atomic E-state index is 0.0635. The molecule has 6 heteroatoms. The summed E-state index contributed by atoms with van der Waals surface area (Å²) in [6, 6.07) is 8.02. The number of sulfonamides is 1. The van der Waals surface area contributed by atoms with Crippen LogP contribution in [0.3, 0.4) is 0 Å². The monoisotopic (exact) mass is 295 g/mol. The van der Waals surface area contributed by atoms with Crippen LogP contribution in [0.25, 0.3) is 0 Å². The van der Waals surface area contributed by atoms with Crippen molar-refractivity contribution in [2.75, 3.05) is 4.72 Å². The normalized spacial score (nSPS) is 11.3. The number of nitrogens with one attached hydrogen (secondary N) is 1. The van der Waals surface area contributed by atoms with Crippen LogP contribution < -0.4 is 4.72 Å². The van der Waals surface area contributed by atoms with E-state index >= 15 is 0 Å². The van der Waals surface area contributed by atoms with Crippen LogP contribution in [-0.4, -0.2) is 13.5 Å². The van der Waals surface area contributed by atoms with Crippen molar-refractivity contribution in [3.63, 3.8) is 0 Å². The van der Waals surface area contributed by atoms with Crippen molar-refractivity contribution < 1.29 is 17.9 Å². The minimum atomic E-state index is -3.83. The molecule has 0 spiro atoms. The van der Waals surface area contributed by atoms with E-state index in [9.17, 15) is 17.9 Å². The molecule has 2 aromatic carbocycles. The molecule has 2 rings (SSSR count). The third-order valence-electron chi connectivity index (χ3n) is 2.82. The molecule has 0 atom stereocenters. The standard InChI is InChI=1S/C14H14FNO3S/c1-9-3-6-14(10(2)7-9)20(18,19)16-12-5-4-11(15)8-13(12)17/h3-8,16-17H,1-2H3. The highest BCUT2D eigenvalue weighted by atomic mass is 32.2. The topological polar surface area (TPSA) is 66.4 Å². The Hall–Kier alpha value is -2.08. The molecule has 0 fully saturated rings. The van der Waals surface area contributed by atoms with E-state index in [0.29, 0.717) is 5.56 Å². The number of benzene rings is 2. The molecular formula is C14H14FNO3S. The Morgan fingerprint density at radius 1 is 1.10 bits per heavy atom. The maximum atomic E-state index is 12.9. The van der Waals surface area contributed by atoms with Crippen LogP contribution in [0.15, 0.2) is 41.3 Å². The van der Waals surface area contributed by atoms with Crippen LogP contribution in [0.1, 0.15) is 11.1 Å². The highest BCUT2D eigenvalue weighted by molar-refractivity contribution is 7.92. The molecule has 4 nitrogen and oxygen atoms in total. The van der Waals surface area contributed by atoms with Gasteiger partial charge in [0.05, 0.1) is 10.6 Å². The third kappa shape index (κ3) is 2.91. The molecule has 0 saturated carbocycles. The number of aryl methyl sites for hydroxylation is 2. The SMILES string of the molecule is Cc1ccc(S(=O)(=O)Nc2ccc(F)cc2O)c(C)c1. The molecular weight excluding hydrogens is 281 g/mol. The molecule has 0 aliphatic heterocycles. The highest BCUT2D eigenvalue weighted by Crippen LogP contribution is 2.27. The van der Waals surface area contributed by atoms with Gasteiger partial charge in [-0.25, -0.2) is 12.8 Å². The molecule has 0 aliphatic carbocycles. The van der Waals surface area contributed by atoms with Crippen LogP contribution in [0, 0.1) is 19.7 Å². The zero-order chi connectivity index (χ0) is 14.9. The highest BCUT2D eigenvalue weighted by Gasteiger charge is 2.18. The predicted molar refractivity (Wildman–Crippen MR) is 74.8 cm³/mol. The van der Waals surface area contributed by atoms with Gasteiger partial charge in [0.1, 0.15) is 11.6 Å². The molecule has 0 saturated heterocycles. The van der Waals surface area contributed by atoms with E-state index in [4.69, 9.17) is 0 Å². The first-order valence-electron chi connectivity index (χ1n) is 5.88. The number of rotatable bonds is 3. The van der Waals surface area contributed by atoms with E-state index in [1.165, 1.54) is 12.1 Å². The summed E-state index contributed by atoms with van der Waals surface area (Å²) >= 11 is 0. The lowest BCUT2D eigenvalue weighted by Crippen LogP contribution is -2.14. The molecule has 2 aromatic rings. The van der Waals surface area contributed by atoms with Crippen molar-refractivity contribution in [2.45, 2.75) is 18.7 Å². The second-order valence-electron chi connectivity index (χ2n) is 4.54. The summed E-state index contributed by atoms with van der Waals surface area (Å²) in [6.07, 6.45) is 0. The summed E-state index contributed by atoms with van der Waals surface area (Å²) in [4.78, 5) is 0.117. The quantitative estimate of drug-likeness (QED) is 0.856. The Morgan fingerprint density at radius 3 is 2.40 bits per heavy atom. The molecule has 0 bridgehead atoms. The number of halogens is 1. The maximum absolute atomic E-state index is 12.9. The van der Waals surface area contributed by atoms with Crippen molar-refractivity contribution in [3.8, 4) is 5.75 Å². The molecule has 0 aliphatic rings. The lowest BCUT2D eigenvalue weighted by molar-refractivity contribution is 0.471. The Kier molecular flexibility index (Phi) is 3.67. The first-order valence-corrected chi connectivity index (χ1v) is 7.36. The smallest absolute Gasteiger partial charge is 0.262 e. The first-order chi connectivity index (χ1) is 9.29. The molecule has 0 aromatic heterocycles. The van der Waals surface area contributed by atoms with E-state index < -0.39 is 21.6 Å². The second kappa shape index (κ2) is 5.13. The van der Waals surface area contributed by atoms with Gasteiger partial charge in [-0.2, -0.15) is 0 Å². The number of phenolic OH excluding ortho intramolecular Hbond substituents is 1. The average molecular weight is 295 g/mol. The molecule has 20 heavy (non-hydrogen) atoms. The molecule has 0 amide bonds. The minimum Gasteiger partial charge on any atom is -0.506 e. The Bertz CT molecular complexity index is 757. The van der Waals surface area contributed by atoms with E-state index in [2.05, 4.69) is 4.72 Å². The maximum Gasteiger partial charge on any atom is 0.262 e. The largest absolute Gasteiger partial charge is 0.506 e. The number of phenols is 1. The van der Waals surface area contributed by atoms with Crippen molar-refractivity contribution in [1.29, 1.82) is 0 Å². The first kappa shape index (κ1) is 14.3. The summed E-state index contributed by atoms with van der Waals surface area (Å²) in [7, 11) is -3.83. The van der Waals surface area contributed by atoms with Gasteiger partial charge in [-0.05, 0) is 37.6 Å². The van der Waals surface area contributed by atoms with E-state index in [1.54, 1.807) is 19.1 Å². The fourth-order valence-electron chi connectivity index (χ4n) is 1.89. The number of hydrogen-bond acceptors (Lipinski definition) is 3. The molecule has 106 valence electrons. The number of hydrogen-bond donors (Lipinski definition) is 2. The fraction of sp³-hybridized carbons (Fsp3) is 0.143. The van der Waals surface area contributed by atoms with Gasteiger partial charge in [0.2, 0.25) is 0 Å².